The molecular weight excluding hydrogens is 631 g/mol. The summed E-state index contributed by atoms with van der Waals surface area (Å²) in [7, 11) is -4.02. The normalized spacial score (nSPS) is 13.9. The quantitative estimate of drug-likeness (QED) is 0.199. The van der Waals surface area contributed by atoms with E-state index in [-0.39, 0.29) is 12.3 Å². The number of ether oxygens (including phenoxy) is 1. The van der Waals surface area contributed by atoms with E-state index < -0.39 is 39.0 Å². The van der Waals surface area contributed by atoms with Crippen molar-refractivity contribution in [3.8, 4) is 16.8 Å². The van der Waals surface area contributed by atoms with Gasteiger partial charge in [0.25, 0.3) is 5.56 Å². The minimum Gasteiger partial charge on any atom is -0.444 e. The number of benzene rings is 3. The zero-order valence-electron chi connectivity index (χ0n) is 25.9. The predicted molar refractivity (Wildman–Crippen MR) is 173 cm³/mol. The number of carbonyl (C=O) groups excluding carboxylic acids is 1. The van der Waals surface area contributed by atoms with E-state index >= 15 is 0 Å². The van der Waals surface area contributed by atoms with Crippen LogP contribution in [0.2, 0.25) is 0 Å². The molecule has 3 heterocycles. The molecule has 6 rings (SSSR count). The van der Waals surface area contributed by atoms with E-state index in [0.29, 0.717) is 51.9 Å². The molecule has 0 saturated carbocycles. The molecule has 1 aliphatic rings. The smallest absolute Gasteiger partial charge is 0.416 e. The Kier molecular flexibility index (Phi) is 8.03. The standard InChI is InChI=1S/C35H32F3N3O5S/c1-34(2,3)46-33(43)39-17-16-29-28-14-13-27(20-30(28)41(31(29)21-39)47(44,45)22-23-7-5-4-6-8-23)40-18-15-25(19-32(40)42)24-9-11-26(12-10-24)35(36,37)38/h4-15,18-20H,16-17,21-22H2,1-3H3. The summed E-state index contributed by atoms with van der Waals surface area (Å²) in [6.45, 7) is 5.65. The molecule has 0 N–H and O–H groups in total. The summed E-state index contributed by atoms with van der Waals surface area (Å²) in [5.74, 6) is -0.289. The molecule has 12 heteroatoms. The van der Waals surface area contributed by atoms with E-state index in [1.165, 1.54) is 37.8 Å². The number of hydrogen-bond donors (Lipinski definition) is 0. The second-order valence-electron chi connectivity index (χ2n) is 12.5. The number of aromatic nitrogens is 2. The van der Waals surface area contributed by atoms with Gasteiger partial charge in [-0.2, -0.15) is 13.2 Å². The van der Waals surface area contributed by atoms with Crippen LogP contribution < -0.4 is 5.56 Å². The summed E-state index contributed by atoms with van der Waals surface area (Å²) in [5, 5.41) is 0.693. The van der Waals surface area contributed by atoms with E-state index in [4.69, 9.17) is 4.74 Å². The van der Waals surface area contributed by atoms with Crippen LogP contribution in [0, 0.1) is 0 Å². The first-order valence-electron chi connectivity index (χ1n) is 14.9. The minimum absolute atomic E-state index is 0.0179. The second kappa shape index (κ2) is 11.8. The van der Waals surface area contributed by atoms with Crippen molar-refractivity contribution < 1.29 is 31.1 Å². The van der Waals surface area contributed by atoms with Gasteiger partial charge in [0.15, 0.2) is 0 Å². The highest BCUT2D eigenvalue weighted by Crippen LogP contribution is 2.35. The van der Waals surface area contributed by atoms with Crippen LogP contribution in [-0.2, 0) is 39.7 Å². The van der Waals surface area contributed by atoms with E-state index in [1.807, 2.05) is 0 Å². The van der Waals surface area contributed by atoms with Gasteiger partial charge in [-0.1, -0.05) is 48.5 Å². The van der Waals surface area contributed by atoms with Gasteiger partial charge in [0.2, 0.25) is 10.0 Å². The molecule has 0 fully saturated rings. The lowest BCUT2D eigenvalue weighted by Crippen LogP contribution is -2.40. The first-order valence-corrected chi connectivity index (χ1v) is 16.5. The Bertz CT molecular complexity index is 2150. The number of nitrogens with zero attached hydrogens (tertiary/aromatic N) is 3. The topological polar surface area (TPSA) is 90.6 Å². The summed E-state index contributed by atoms with van der Waals surface area (Å²) in [4.78, 5) is 27.8. The molecule has 0 atom stereocenters. The molecule has 0 spiro atoms. The van der Waals surface area contributed by atoms with Gasteiger partial charge in [-0.25, -0.2) is 17.2 Å². The van der Waals surface area contributed by atoms with Crippen LogP contribution in [0.5, 0.6) is 0 Å². The van der Waals surface area contributed by atoms with Crippen LogP contribution in [0.15, 0.2) is 95.9 Å². The van der Waals surface area contributed by atoms with Crippen LogP contribution in [0.4, 0.5) is 18.0 Å². The number of rotatable bonds is 5. The van der Waals surface area contributed by atoms with Crippen LogP contribution in [0.25, 0.3) is 27.7 Å². The van der Waals surface area contributed by atoms with E-state index in [1.54, 1.807) is 75.4 Å². The van der Waals surface area contributed by atoms with Crippen molar-refractivity contribution >= 4 is 27.0 Å². The molecule has 5 aromatic rings. The zero-order chi connectivity index (χ0) is 33.7. The third kappa shape index (κ3) is 6.55. The molecule has 0 radical (unpaired) electrons. The Labute approximate surface area is 269 Å². The molecule has 8 nitrogen and oxygen atoms in total. The van der Waals surface area contributed by atoms with Gasteiger partial charge in [-0.3, -0.25) is 9.36 Å². The summed E-state index contributed by atoms with van der Waals surface area (Å²) in [6.07, 6.45) is -3.10. The van der Waals surface area contributed by atoms with Crippen molar-refractivity contribution in [3.05, 3.63) is 124 Å². The van der Waals surface area contributed by atoms with E-state index in [0.717, 1.165) is 17.7 Å². The van der Waals surface area contributed by atoms with Crippen LogP contribution in [0.1, 0.15) is 43.2 Å². The molecule has 244 valence electrons. The van der Waals surface area contributed by atoms with Crippen molar-refractivity contribution in [2.75, 3.05) is 6.54 Å². The Morgan fingerprint density at radius 3 is 2.23 bits per heavy atom. The van der Waals surface area contributed by atoms with Crippen molar-refractivity contribution in [2.45, 2.75) is 51.3 Å². The lowest BCUT2D eigenvalue weighted by molar-refractivity contribution is -0.137. The number of hydrogen-bond acceptors (Lipinski definition) is 5. The van der Waals surface area contributed by atoms with Crippen LogP contribution in [-0.4, -0.2) is 40.1 Å². The van der Waals surface area contributed by atoms with Crippen LogP contribution >= 0.6 is 0 Å². The largest absolute Gasteiger partial charge is 0.444 e. The third-order valence-corrected chi connectivity index (χ3v) is 9.63. The van der Waals surface area contributed by atoms with Gasteiger partial charge >= 0.3 is 12.3 Å². The van der Waals surface area contributed by atoms with E-state index in [9.17, 15) is 31.2 Å². The Morgan fingerprint density at radius 2 is 1.60 bits per heavy atom. The molecule has 0 saturated heterocycles. The van der Waals surface area contributed by atoms with E-state index in [2.05, 4.69) is 0 Å². The fourth-order valence-corrected chi connectivity index (χ4v) is 7.53. The van der Waals surface area contributed by atoms with Crippen molar-refractivity contribution in [2.24, 2.45) is 0 Å². The molecule has 3 aromatic carbocycles. The summed E-state index contributed by atoms with van der Waals surface area (Å²) in [6, 6.07) is 21.4. The van der Waals surface area contributed by atoms with Gasteiger partial charge < -0.3 is 9.64 Å². The highest BCUT2D eigenvalue weighted by molar-refractivity contribution is 7.89. The molecule has 0 aliphatic carbocycles. The summed E-state index contributed by atoms with van der Waals surface area (Å²) >= 11 is 0. The second-order valence-corrected chi connectivity index (χ2v) is 14.3. The molecular formula is C35H32F3N3O5S. The third-order valence-electron chi connectivity index (χ3n) is 7.96. The first-order chi connectivity index (χ1) is 22.1. The number of halogens is 3. The van der Waals surface area contributed by atoms with Crippen molar-refractivity contribution in [1.82, 2.24) is 13.4 Å². The SMILES string of the molecule is CC(C)(C)OC(=O)N1CCc2c(n(S(=O)(=O)Cc3ccccc3)c3cc(-n4ccc(-c5ccc(C(F)(F)F)cc5)cc4=O)ccc23)C1. The molecule has 1 aliphatic heterocycles. The van der Waals surface area contributed by atoms with Gasteiger partial charge in [0.1, 0.15) is 5.60 Å². The minimum atomic E-state index is -4.47. The Hall–Kier alpha value is -4.84. The van der Waals surface area contributed by atoms with Gasteiger partial charge in [0, 0.05) is 24.2 Å². The molecule has 1 amide bonds. The highest BCUT2D eigenvalue weighted by atomic mass is 32.2. The lowest BCUT2D eigenvalue weighted by Gasteiger charge is -2.30. The maximum absolute atomic E-state index is 14.1. The number of amides is 1. The first kappa shape index (κ1) is 32.1. The fourth-order valence-electron chi connectivity index (χ4n) is 5.83. The van der Waals surface area contributed by atoms with Crippen molar-refractivity contribution in [1.29, 1.82) is 0 Å². The highest BCUT2D eigenvalue weighted by Gasteiger charge is 2.33. The van der Waals surface area contributed by atoms with Gasteiger partial charge in [0.05, 0.1) is 34.8 Å². The molecule has 0 unspecified atom stereocenters. The molecule has 2 aromatic heterocycles. The number of fused-ring (bicyclic) bond motifs is 3. The summed E-state index contributed by atoms with van der Waals surface area (Å²) in [5.41, 5.74) is 1.53. The summed E-state index contributed by atoms with van der Waals surface area (Å²) < 4.78 is 75.6. The maximum Gasteiger partial charge on any atom is 0.416 e. The predicted octanol–water partition coefficient (Wildman–Crippen LogP) is 7.15. The molecule has 0 bridgehead atoms. The maximum atomic E-state index is 14.1. The average Bonchev–Trinajstić information content (AvgIpc) is 3.34. The fraction of sp³-hybridized carbons (Fsp3) is 0.257. The molecule has 47 heavy (non-hydrogen) atoms. The average molecular weight is 664 g/mol. The van der Waals surface area contributed by atoms with Crippen molar-refractivity contribution in [3.63, 3.8) is 0 Å². The lowest BCUT2D eigenvalue weighted by atomic mass is 10.0. The Balaban J connectivity index is 1.43. The zero-order valence-corrected chi connectivity index (χ0v) is 26.7. The number of carbonyl (C=O) groups is 1. The van der Waals surface area contributed by atoms with Gasteiger partial charge in [-0.15, -0.1) is 0 Å². The number of alkyl halides is 3. The van der Waals surface area contributed by atoms with Gasteiger partial charge in [-0.05, 0) is 79.8 Å². The van der Waals surface area contributed by atoms with Crippen LogP contribution in [0.3, 0.4) is 0 Å². The Morgan fingerprint density at radius 1 is 0.894 bits per heavy atom. The monoisotopic (exact) mass is 663 g/mol. The number of pyridine rings is 1.